The van der Waals surface area contributed by atoms with Crippen LogP contribution in [0.15, 0.2) is 42.6 Å². The van der Waals surface area contributed by atoms with Gasteiger partial charge in [0, 0.05) is 13.2 Å². The fraction of sp³-hybridized carbons (Fsp3) is 0.333. The molecule has 3 amide bonds. The lowest BCUT2D eigenvalue weighted by molar-refractivity contribution is -0.121. The zero-order valence-electron chi connectivity index (χ0n) is 16.5. The first-order valence-electron chi connectivity index (χ1n) is 9.29. The molecule has 1 aliphatic heterocycles. The molecule has 1 aliphatic rings. The van der Waals surface area contributed by atoms with Crippen molar-refractivity contribution in [2.75, 3.05) is 25.6 Å². The minimum Gasteiger partial charge on any atom is -0.475 e. The Bertz CT molecular complexity index is 876. The third-order valence-corrected chi connectivity index (χ3v) is 4.55. The maximum Gasteiger partial charge on any atom is 0.262 e. The predicted octanol–water partition coefficient (Wildman–Crippen LogP) is 2.37. The van der Waals surface area contributed by atoms with Crippen LogP contribution in [0.25, 0.3) is 0 Å². The number of rotatable bonds is 8. The molecule has 1 atom stereocenters. The van der Waals surface area contributed by atoms with Crippen molar-refractivity contribution < 1.29 is 23.9 Å². The van der Waals surface area contributed by atoms with Crippen LogP contribution in [0.5, 0.6) is 5.88 Å². The summed E-state index contributed by atoms with van der Waals surface area (Å²) in [6, 6.07) is 8.90. The van der Waals surface area contributed by atoms with Gasteiger partial charge >= 0.3 is 0 Å². The fourth-order valence-corrected chi connectivity index (χ4v) is 3.16. The minimum atomic E-state index is -0.944. The highest BCUT2D eigenvalue weighted by atomic mass is 16.5. The lowest BCUT2D eigenvalue weighted by Gasteiger charge is -2.28. The van der Waals surface area contributed by atoms with E-state index in [4.69, 9.17) is 9.47 Å². The summed E-state index contributed by atoms with van der Waals surface area (Å²) in [5.74, 6) is -1.24. The first-order valence-corrected chi connectivity index (χ1v) is 9.29. The number of methoxy groups -OCH3 is 1. The second kappa shape index (κ2) is 8.83. The Morgan fingerprint density at radius 2 is 1.72 bits per heavy atom. The Hall–Kier alpha value is -3.26. The first kappa shape index (κ1) is 20.5. The molecule has 0 fully saturated rings. The lowest BCUT2D eigenvalue weighted by Crippen LogP contribution is -2.50. The van der Waals surface area contributed by atoms with Crippen molar-refractivity contribution in [1.29, 1.82) is 0 Å². The molecule has 8 nitrogen and oxygen atoms in total. The number of fused-ring (bicyclic) bond motifs is 1. The zero-order valence-corrected chi connectivity index (χ0v) is 16.5. The predicted molar refractivity (Wildman–Crippen MR) is 106 cm³/mol. The van der Waals surface area contributed by atoms with E-state index in [0.717, 1.165) is 4.90 Å². The maximum absolute atomic E-state index is 12.9. The van der Waals surface area contributed by atoms with Crippen LogP contribution in [0, 0.1) is 5.92 Å². The van der Waals surface area contributed by atoms with E-state index >= 15 is 0 Å². The molecule has 1 aromatic carbocycles. The van der Waals surface area contributed by atoms with Crippen molar-refractivity contribution in [1.82, 2.24) is 9.88 Å². The summed E-state index contributed by atoms with van der Waals surface area (Å²) in [5.41, 5.74) is 1.07. The molecule has 0 spiro atoms. The summed E-state index contributed by atoms with van der Waals surface area (Å²) >= 11 is 0. The number of nitrogens with zero attached hydrogens (tertiary/aromatic N) is 2. The number of hydrogen-bond donors (Lipinski definition) is 1. The standard InChI is InChI=1S/C21H23N3O5/c1-13(2)18(24-20(26)15-6-4-5-7-16(15)21(24)27)19(25)23-14-8-9-17(22-12-14)29-11-10-28-3/h4-9,12-13,18H,10-11H2,1-3H3,(H,23,25). The van der Waals surface area contributed by atoms with E-state index in [2.05, 4.69) is 10.3 Å². The molecular formula is C21H23N3O5. The highest BCUT2D eigenvalue weighted by Gasteiger charge is 2.43. The molecular weight excluding hydrogens is 374 g/mol. The van der Waals surface area contributed by atoms with Gasteiger partial charge in [-0.25, -0.2) is 4.98 Å². The zero-order chi connectivity index (χ0) is 21.0. The first-order chi connectivity index (χ1) is 13.9. The van der Waals surface area contributed by atoms with Gasteiger partial charge in [-0.2, -0.15) is 0 Å². The Balaban J connectivity index is 1.74. The molecule has 1 aromatic heterocycles. The van der Waals surface area contributed by atoms with Crippen molar-refractivity contribution in [3.05, 3.63) is 53.7 Å². The molecule has 2 heterocycles. The highest BCUT2D eigenvalue weighted by molar-refractivity contribution is 6.23. The second-order valence-electron chi connectivity index (χ2n) is 6.93. The Kier molecular flexibility index (Phi) is 6.23. The van der Waals surface area contributed by atoms with Gasteiger partial charge in [0.15, 0.2) is 0 Å². The molecule has 1 N–H and O–H groups in total. The average molecular weight is 397 g/mol. The number of imide groups is 1. The van der Waals surface area contributed by atoms with E-state index in [1.165, 1.54) is 6.20 Å². The quantitative estimate of drug-likeness (QED) is 0.542. The summed E-state index contributed by atoms with van der Waals surface area (Å²) < 4.78 is 10.3. The number of benzene rings is 1. The van der Waals surface area contributed by atoms with E-state index in [-0.39, 0.29) is 5.92 Å². The Morgan fingerprint density at radius 3 is 2.24 bits per heavy atom. The summed E-state index contributed by atoms with van der Waals surface area (Å²) in [7, 11) is 1.58. The molecule has 8 heteroatoms. The minimum absolute atomic E-state index is 0.276. The van der Waals surface area contributed by atoms with Crippen molar-refractivity contribution in [3.8, 4) is 5.88 Å². The van der Waals surface area contributed by atoms with E-state index in [0.29, 0.717) is 35.9 Å². The van der Waals surface area contributed by atoms with Crippen LogP contribution in [0.2, 0.25) is 0 Å². The number of hydrogen-bond acceptors (Lipinski definition) is 6. The molecule has 3 rings (SSSR count). The number of anilines is 1. The molecule has 0 aliphatic carbocycles. The van der Waals surface area contributed by atoms with Crippen LogP contribution in [-0.4, -0.2) is 54.0 Å². The number of carbonyl (C=O) groups is 3. The molecule has 0 bridgehead atoms. The van der Waals surface area contributed by atoms with Crippen molar-refractivity contribution in [2.24, 2.45) is 5.92 Å². The van der Waals surface area contributed by atoms with Gasteiger partial charge in [0.05, 0.1) is 29.6 Å². The van der Waals surface area contributed by atoms with Gasteiger partial charge < -0.3 is 14.8 Å². The van der Waals surface area contributed by atoms with Crippen LogP contribution >= 0.6 is 0 Å². The number of aromatic nitrogens is 1. The molecule has 0 saturated carbocycles. The number of ether oxygens (including phenoxy) is 2. The lowest BCUT2D eigenvalue weighted by atomic mass is 10.0. The van der Waals surface area contributed by atoms with Crippen LogP contribution in [0.1, 0.15) is 34.6 Å². The van der Waals surface area contributed by atoms with Crippen LogP contribution in [-0.2, 0) is 9.53 Å². The fourth-order valence-electron chi connectivity index (χ4n) is 3.16. The summed E-state index contributed by atoms with van der Waals surface area (Å²) in [4.78, 5) is 43.6. The van der Waals surface area contributed by atoms with Gasteiger partial charge in [0.1, 0.15) is 12.6 Å². The smallest absolute Gasteiger partial charge is 0.262 e. The van der Waals surface area contributed by atoms with Crippen LogP contribution < -0.4 is 10.1 Å². The number of nitrogens with one attached hydrogen (secondary N) is 1. The van der Waals surface area contributed by atoms with Gasteiger partial charge in [-0.05, 0) is 24.1 Å². The van der Waals surface area contributed by atoms with E-state index in [1.54, 1.807) is 57.4 Å². The average Bonchev–Trinajstić information content (AvgIpc) is 2.95. The molecule has 2 aromatic rings. The monoisotopic (exact) mass is 397 g/mol. The molecule has 0 radical (unpaired) electrons. The van der Waals surface area contributed by atoms with Crippen molar-refractivity contribution in [3.63, 3.8) is 0 Å². The number of carbonyl (C=O) groups excluding carboxylic acids is 3. The normalized spacial score (nSPS) is 14.1. The molecule has 152 valence electrons. The van der Waals surface area contributed by atoms with E-state index < -0.39 is 23.8 Å². The van der Waals surface area contributed by atoms with Gasteiger partial charge in [0.2, 0.25) is 11.8 Å². The third kappa shape index (κ3) is 4.27. The van der Waals surface area contributed by atoms with Gasteiger partial charge in [0.25, 0.3) is 11.8 Å². The SMILES string of the molecule is COCCOc1ccc(NC(=O)C(C(C)C)N2C(=O)c3ccccc3C2=O)cn1. The Labute approximate surface area is 168 Å². The Morgan fingerprint density at radius 1 is 1.07 bits per heavy atom. The van der Waals surface area contributed by atoms with Gasteiger partial charge in [-0.15, -0.1) is 0 Å². The van der Waals surface area contributed by atoms with Crippen LogP contribution in [0.4, 0.5) is 5.69 Å². The highest BCUT2D eigenvalue weighted by Crippen LogP contribution is 2.27. The summed E-state index contributed by atoms with van der Waals surface area (Å²) in [6.07, 6.45) is 1.46. The van der Waals surface area contributed by atoms with Gasteiger partial charge in [-0.3, -0.25) is 19.3 Å². The molecule has 29 heavy (non-hydrogen) atoms. The second-order valence-corrected chi connectivity index (χ2v) is 6.93. The molecule has 1 unspecified atom stereocenters. The van der Waals surface area contributed by atoms with Gasteiger partial charge in [-0.1, -0.05) is 26.0 Å². The number of pyridine rings is 1. The third-order valence-electron chi connectivity index (χ3n) is 4.55. The maximum atomic E-state index is 12.9. The summed E-state index contributed by atoms with van der Waals surface area (Å²) in [6.45, 7) is 4.39. The van der Waals surface area contributed by atoms with Crippen molar-refractivity contribution >= 4 is 23.4 Å². The largest absolute Gasteiger partial charge is 0.475 e. The van der Waals surface area contributed by atoms with E-state index in [9.17, 15) is 14.4 Å². The van der Waals surface area contributed by atoms with Crippen LogP contribution in [0.3, 0.4) is 0 Å². The number of amides is 3. The topological polar surface area (TPSA) is 97.8 Å². The summed E-state index contributed by atoms with van der Waals surface area (Å²) in [5, 5.41) is 2.73. The van der Waals surface area contributed by atoms with E-state index in [1.807, 2.05) is 0 Å². The van der Waals surface area contributed by atoms with Crippen molar-refractivity contribution in [2.45, 2.75) is 19.9 Å². The molecule has 0 saturated heterocycles.